The first-order valence-corrected chi connectivity index (χ1v) is 6.92. The Morgan fingerprint density at radius 2 is 2.00 bits per heavy atom. The fourth-order valence-corrected chi connectivity index (χ4v) is 2.64. The zero-order valence-electron chi connectivity index (χ0n) is 11.5. The maximum atomic E-state index is 12.3. The van der Waals surface area contributed by atoms with Crippen molar-refractivity contribution in [3.8, 4) is 0 Å². The summed E-state index contributed by atoms with van der Waals surface area (Å²) in [4.78, 5) is 16.0. The van der Waals surface area contributed by atoms with Crippen LogP contribution < -0.4 is 4.90 Å². The van der Waals surface area contributed by atoms with Gasteiger partial charge >= 0.3 is 6.03 Å². The van der Waals surface area contributed by atoms with Gasteiger partial charge in [0.25, 0.3) is 0 Å². The lowest BCUT2D eigenvalue weighted by atomic mass is 10.1. The molecule has 19 heavy (non-hydrogen) atoms. The number of benzene rings is 1. The topological polar surface area (TPSA) is 43.8 Å². The van der Waals surface area contributed by atoms with E-state index in [1.807, 2.05) is 43.0 Å². The molecule has 3 rings (SSSR count). The third-order valence-electron chi connectivity index (χ3n) is 4.08. The van der Waals surface area contributed by atoms with E-state index in [0.29, 0.717) is 0 Å². The molecule has 102 valence electrons. The van der Waals surface area contributed by atoms with Crippen LogP contribution in [0.1, 0.15) is 32.3 Å². The van der Waals surface area contributed by atoms with Crippen LogP contribution in [-0.2, 0) is 5.60 Å². The average Bonchev–Trinajstić information content (AvgIpc) is 3.01. The molecule has 0 unspecified atom stereocenters. The van der Waals surface area contributed by atoms with Gasteiger partial charge in [-0.2, -0.15) is 0 Å². The Kier molecular flexibility index (Phi) is 2.78. The first-order valence-electron chi connectivity index (χ1n) is 6.92. The van der Waals surface area contributed by atoms with Gasteiger partial charge in [-0.05, 0) is 44.4 Å². The zero-order chi connectivity index (χ0) is 13.6. The predicted molar refractivity (Wildman–Crippen MR) is 74.2 cm³/mol. The number of carbonyl (C=O) groups excluding carboxylic acids is 1. The molecule has 4 nitrogen and oxygen atoms in total. The molecule has 0 spiro atoms. The van der Waals surface area contributed by atoms with Crippen LogP contribution in [0, 0.1) is 0 Å². The number of amides is 2. The second-order valence-electron chi connectivity index (χ2n) is 5.80. The Bertz CT molecular complexity index is 509. The summed E-state index contributed by atoms with van der Waals surface area (Å²) >= 11 is 0. The molecule has 0 atom stereocenters. The fraction of sp³-hybridized carbons (Fsp3) is 0.533. The molecule has 1 saturated carbocycles. The van der Waals surface area contributed by atoms with Crippen molar-refractivity contribution in [2.45, 2.75) is 38.3 Å². The van der Waals surface area contributed by atoms with Gasteiger partial charge in [-0.3, -0.25) is 4.90 Å². The van der Waals surface area contributed by atoms with Crippen LogP contribution in [0.2, 0.25) is 0 Å². The molecule has 1 heterocycles. The van der Waals surface area contributed by atoms with Crippen molar-refractivity contribution in [3.63, 3.8) is 0 Å². The number of hydrogen-bond donors (Lipinski definition) is 1. The monoisotopic (exact) mass is 260 g/mol. The third-order valence-corrected chi connectivity index (χ3v) is 4.08. The molecular weight excluding hydrogens is 240 g/mol. The Hall–Kier alpha value is -1.55. The van der Waals surface area contributed by atoms with Crippen molar-refractivity contribution in [1.29, 1.82) is 0 Å². The highest BCUT2D eigenvalue weighted by atomic mass is 16.3. The van der Waals surface area contributed by atoms with Crippen molar-refractivity contribution in [2.24, 2.45) is 0 Å². The number of nitrogens with zero attached hydrogens (tertiary/aromatic N) is 2. The molecule has 2 amide bonds. The summed E-state index contributed by atoms with van der Waals surface area (Å²) in [5.41, 5.74) is 1.18. The standard InChI is InChI=1S/C15H20N2O2/c1-11(2)16-8-9-17(14(16)18)13-5-3-4-12(10-13)15(19)6-7-15/h3-5,10-11,19H,6-9H2,1-2H3. The molecule has 0 bridgehead atoms. The van der Waals surface area contributed by atoms with Crippen LogP contribution in [0.3, 0.4) is 0 Å². The Morgan fingerprint density at radius 3 is 2.58 bits per heavy atom. The molecule has 1 aromatic carbocycles. The van der Waals surface area contributed by atoms with Crippen molar-refractivity contribution >= 4 is 11.7 Å². The summed E-state index contributed by atoms with van der Waals surface area (Å²) in [7, 11) is 0. The number of carbonyl (C=O) groups is 1. The highest BCUT2D eigenvalue weighted by Gasteiger charge is 2.42. The van der Waals surface area contributed by atoms with Crippen LogP contribution in [-0.4, -0.2) is 35.2 Å². The van der Waals surface area contributed by atoms with E-state index in [1.165, 1.54) is 0 Å². The van der Waals surface area contributed by atoms with E-state index in [4.69, 9.17) is 0 Å². The third kappa shape index (κ3) is 2.10. The Balaban J connectivity index is 1.85. The fourth-order valence-electron chi connectivity index (χ4n) is 2.64. The van der Waals surface area contributed by atoms with E-state index in [9.17, 15) is 9.90 Å². The summed E-state index contributed by atoms with van der Waals surface area (Å²) in [5.74, 6) is 0. The van der Waals surface area contributed by atoms with Crippen molar-refractivity contribution in [2.75, 3.05) is 18.0 Å². The second-order valence-corrected chi connectivity index (χ2v) is 5.80. The molecule has 1 aliphatic carbocycles. The lowest BCUT2D eigenvalue weighted by Crippen LogP contribution is -2.36. The number of aliphatic hydroxyl groups is 1. The maximum Gasteiger partial charge on any atom is 0.324 e. The normalized spacial score (nSPS) is 21.4. The first-order chi connectivity index (χ1) is 9.01. The largest absolute Gasteiger partial charge is 0.385 e. The predicted octanol–water partition coefficient (Wildman–Crippen LogP) is 2.32. The lowest BCUT2D eigenvalue weighted by Gasteiger charge is -2.22. The van der Waals surface area contributed by atoms with Crippen LogP contribution in [0.5, 0.6) is 0 Å². The maximum absolute atomic E-state index is 12.3. The van der Waals surface area contributed by atoms with E-state index in [1.54, 1.807) is 4.90 Å². The van der Waals surface area contributed by atoms with Crippen LogP contribution in [0.4, 0.5) is 10.5 Å². The number of hydrogen-bond acceptors (Lipinski definition) is 2. The van der Waals surface area contributed by atoms with Crippen molar-refractivity contribution in [1.82, 2.24) is 4.90 Å². The number of anilines is 1. The molecular formula is C15H20N2O2. The number of urea groups is 1. The molecule has 1 aliphatic heterocycles. The van der Waals surface area contributed by atoms with Gasteiger partial charge in [0, 0.05) is 24.8 Å². The van der Waals surface area contributed by atoms with E-state index in [0.717, 1.165) is 37.2 Å². The second kappa shape index (κ2) is 4.23. The Morgan fingerprint density at radius 1 is 1.26 bits per heavy atom. The van der Waals surface area contributed by atoms with Crippen molar-refractivity contribution in [3.05, 3.63) is 29.8 Å². The molecule has 2 fully saturated rings. The number of rotatable bonds is 3. The van der Waals surface area contributed by atoms with Crippen molar-refractivity contribution < 1.29 is 9.90 Å². The minimum Gasteiger partial charge on any atom is -0.385 e. The van der Waals surface area contributed by atoms with Gasteiger partial charge in [0.15, 0.2) is 0 Å². The molecule has 0 aromatic heterocycles. The van der Waals surface area contributed by atoms with E-state index < -0.39 is 5.60 Å². The van der Waals surface area contributed by atoms with E-state index in [2.05, 4.69) is 0 Å². The minimum atomic E-state index is -0.642. The molecule has 4 heteroatoms. The van der Waals surface area contributed by atoms with E-state index >= 15 is 0 Å². The van der Waals surface area contributed by atoms with Crippen LogP contribution >= 0.6 is 0 Å². The smallest absolute Gasteiger partial charge is 0.324 e. The SMILES string of the molecule is CC(C)N1CCN(c2cccc(C3(O)CC3)c2)C1=O. The van der Waals surface area contributed by atoms with Gasteiger partial charge < -0.3 is 10.0 Å². The summed E-state index contributed by atoms with van der Waals surface area (Å²) < 4.78 is 0. The van der Waals surface area contributed by atoms with Gasteiger partial charge in [0.2, 0.25) is 0 Å². The van der Waals surface area contributed by atoms with Gasteiger partial charge in [0.05, 0.1) is 5.60 Å². The van der Waals surface area contributed by atoms with Gasteiger partial charge in [-0.25, -0.2) is 4.79 Å². The molecule has 2 aliphatic rings. The summed E-state index contributed by atoms with van der Waals surface area (Å²) in [5, 5.41) is 10.2. The molecule has 1 N–H and O–H groups in total. The van der Waals surface area contributed by atoms with E-state index in [-0.39, 0.29) is 12.1 Å². The summed E-state index contributed by atoms with van der Waals surface area (Å²) in [6.07, 6.45) is 1.64. The van der Waals surface area contributed by atoms with Crippen LogP contribution in [0.15, 0.2) is 24.3 Å². The molecule has 1 aromatic rings. The zero-order valence-corrected chi connectivity index (χ0v) is 11.5. The highest BCUT2D eigenvalue weighted by Crippen LogP contribution is 2.46. The first kappa shape index (κ1) is 12.5. The quantitative estimate of drug-likeness (QED) is 0.906. The van der Waals surface area contributed by atoms with Gasteiger partial charge in [0.1, 0.15) is 0 Å². The van der Waals surface area contributed by atoms with Crippen LogP contribution in [0.25, 0.3) is 0 Å². The summed E-state index contributed by atoms with van der Waals surface area (Å²) in [6, 6.07) is 8.05. The lowest BCUT2D eigenvalue weighted by molar-refractivity contribution is 0.151. The minimum absolute atomic E-state index is 0.0648. The Labute approximate surface area is 113 Å². The van der Waals surface area contributed by atoms with Gasteiger partial charge in [-0.1, -0.05) is 12.1 Å². The van der Waals surface area contributed by atoms with Gasteiger partial charge in [-0.15, -0.1) is 0 Å². The average molecular weight is 260 g/mol. The highest BCUT2D eigenvalue weighted by molar-refractivity contribution is 5.94. The summed E-state index contributed by atoms with van der Waals surface area (Å²) in [6.45, 7) is 5.55. The molecule has 1 saturated heterocycles. The molecule has 0 radical (unpaired) electrons.